The lowest BCUT2D eigenvalue weighted by Crippen LogP contribution is -2.62. The van der Waals surface area contributed by atoms with Crippen molar-refractivity contribution in [2.45, 2.75) is 121 Å². The fourth-order valence-electron chi connectivity index (χ4n) is 8.60. The third kappa shape index (κ3) is 9.86. The van der Waals surface area contributed by atoms with Crippen molar-refractivity contribution in [1.82, 2.24) is 30.7 Å². The Labute approximate surface area is 339 Å². The molecule has 312 valence electrons. The summed E-state index contributed by atoms with van der Waals surface area (Å²) in [5.74, 6) is -4.33. The number of piperidine rings is 1. The SMILES string of the molecule is CCc1ccc(CC(=O)N[C@@H](Cc2cccc(C)c2)C(=O)N[C@H]2COC(=O)[C@@H]3C[C@H](C)CN3C(=O)[C@H](C)NC(=O)[C@@H]3CCCCN3C(=O)[C@@H]3C[C@@H](O)CN3C2=O)cc1. The zero-order valence-corrected chi connectivity index (χ0v) is 33.8. The first-order chi connectivity index (χ1) is 27.7. The molecule has 4 saturated heterocycles. The Hall–Kier alpha value is -5.31. The van der Waals surface area contributed by atoms with Crippen LogP contribution in [-0.4, -0.2) is 130 Å². The molecule has 0 radical (unpaired) electrons. The van der Waals surface area contributed by atoms with E-state index < -0.39 is 90.4 Å². The van der Waals surface area contributed by atoms with Crippen LogP contribution >= 0.6 is 0 Å². The monoisotopic (exact) mass is 800 g/mol. The summed E-state index contributed by atoms with van der Waals surface area (Å²) in [7, 11) is 0. The number of nitrogens with one attached hydrogen (secondary N) is 3. The topological polar surface area (TPSA) is 195 Å². The molecule has 15 heteroatoms. The zero-order chi connectivity index (χ0) is 41.7. The second-order valence-electron chi connectivity index (χ2n) is 16.4. The minimum atomic E-state index is -1.54. The second-order valence-corrected chi connectivity index (χ2v) is 16.4. The van der Waals surface area contributed by atoms with Gasteiger partial charge in [0, 0.05) is 32.5 Å². The highest BCUT2D eigenvalue weighted by molar-refractivity contribution is 5.98. The van der Waals surface area contributed by atoms with Crippen molar-refractivity contribution < 1.29 is 43.4 Å². The summed E-state index contributed by atoms with van der Waals surface area (Å²) < 4.78 is 5.75. The van der Waals surface area contributed by atoms with E-state index in [1.807, 2.05) is 69.3 Å². The van der Waals surface area contributed by atoms with E-state index in [0.717, 1.165) is 28.7 Å². The van der Waals surface area contributed by atoms with Crippen LogP contribution in [-0.2, 0) is 57.6 Å². The van der Waals surface area contributed by atoms with E-state index >= 15 is 0 Å². The third-order valence-electron chi connectivity index (χ3n) is 11.7. The first-order valence-corrected chi connectivity index (χ1v) is 20.5. The molecule has 8 atom stereocenters. The smallest absolute Gasteiger partial charge is 0.328 e. The van der Waals surface area contributed by atoms with Gasteiger partial charge in [-0.2, -0.15) is 0 Å². The number of nitrogens with zero attached hydrogens (tertiary/aromatic N) is 3. The van der Waals surface area contributed by atoms with Crippen molar-refractivity contribution >= 4 is 41.4 Å². The molecule has 4 fully saturated rings. The third-order valence-corrected chi connectivity index (χ3v) is 11.7. The average Bonchev–Trinajstić information content (AvgIpc) is 3.80. The van der Waals surface area contributed by atoms with Gasteiger partial charge in [-0.1, -0.05) is 67.9 Å². The second kappa shape index (κ2) is 18.5. The molecule has 4 aliphatic heterocycles. The quantitative estimate of drug-likeness (QED) is 0.282. The maximum atomic E-state index is 14.6. The summed E-state index contributed by atoms with van der Waals surface area (Å²) in [6, 6.07) is 8.28. The lowest BCUT2D eigenvalue weighted by molar-refractivity contribution is -0.158. The fraction of sp³-hybridized carbons (Fsp3) is 0.558. The number of fused-ring (bicyclic) bond motifs is 3. The Bertz CT molecular complexity index is 1890. The van der Waals surface area contributed by atoms with Gasteiger partial charge in [0.15, 0.2) is 0 Å². The molecule has 0 bridgehead atoms. The number of aliphatic hydroxyl groups excluding tert-OH is 1. The van der Waals surface area contributed by atoms with Gasteiger partial charge in [0.05, 0.1) is 12.5 Å². The molecule has 6 amide bonds. The van der Waals surface area contributed by atoms with Crippen molar-refractivity contribution in [1.29, 1.82) is 0 Å². The number of carbonyl (C=O) groups is 7. The molecule has 0 saturated carbocycles. The number of hydrogen-bond acceptors (Lipinski definition) is 9. The van der Waals surface area contributed by atoms with Gasteiger partial charge in [-0.15, -0.1) is 0 Å². The summed E-state index contributed by atoms with van der Waals surface area (Å²) in [5.41, 5.74) is 3.57. The highest BCUT2D eigenvalue weighted by atomic mass is 16.5. The van der Waals surface area contributed by atoms with Gasteiger partial charge in [0.1, 0.15) is 42.9 Å². The maximum absolute atomic E-state index is 14.6. The molecule has 15 nitrogen and oxygen atoms in total. The van der Waals surface area contributed by atoms with Gasteiger partial charge in [0.2, 0.25) is 35.4 Å². The Morgan fingerprint density at radius 1 is 0.862 bits per heavy atom. The standard InChI is InChI=1S/C43H56N6O9/c1-5-28-12-14-29(15-13-28)20-37(51)45-32(19-30-10-8-9-25(2)17-30)38(52)46-33-24-58-43(57)36-18-26(3)22-48(36)40(54)27(4)44-39(53)34-11-6-7-16-47(34)42(56)35-21-31(50)23-49(35)41(33)55/h8-10,12-15,17,26-27,31-36,50H,5-7,11,16,18-24H2,1-4H3,(H,44,53)(H,45,51)(H,46,52)/t26-,27-,31+,32-,33-,34-,35-,36-/m0/s1. The normalized spacial score (nSPS) is 27.6. The van der Waals surface area contributed by atoms with Gasteiger partial charge < -0.3 is 40.5 Å². The number of hydrogen-bond donors (Lipinski definition) is 4. The number of amides is 6. The first kappa shape index (κ1) is 42.3. The highest BCUT2D eigenvalue weighted by Crippen LogP contribution is 2.28. The summed E-state index contributed by atoms with van der Waals surface area (Å²) in [6.07, 6.45) is 1.64. The fourth-order valence-corrected chi connectivity index (χ4v) is 8.60. The number of aryl methyl sites for hydroxylation is 2. The van der Waals surface area contributed by atoms with Crippen LogP contribution < -0.4 is 16.0 Å². The molecule has 4 heterocycles. The molecular formula is C43H56N6O9. The molecule has 2 aromatic rings. The van der Waals surface area contributed by atoms with Crippen LogP contribution in [0.1, 0.15) is 75.1 Å². The summed E-state index contributed by atoms with van der Waals surface area (Å²) >= 11 is 0. The van der Waals surface area contributed by atoms with E-state index in [1.165, 1.54) is 21.6 Å². The largest absolute Gasteiger partial charge is 0.461 e. The van der Waals surface area contributed by atoms with Gasteiger partial charge in [0.25, 0.3) is 0 Å². The van der Waals surface area contributed by atoms with E-state index in [0.29, 0.717) is 19.3 Å². The maximum Gasteiger partial charge on any atom is 0.328 e. The highest BCUT2D eigenvalue weighted by Gasteiger charge is 2.47. The van der Waals surface area contributed by atoms with Crippen molar-refractivity contribution in [3.05, 3.63) is 70.8 Å². The van der Waals surface area contributed by atoms with Crippen LogP contribution in [0.4, 0.5) is 0 Å². The summed E-state index contributed by atoms with van der Waals surface area (Å²) in [5, 5.41) is 19.2. The predicted octanol–water partition coefficient (Wildman–Crippen LogP) is 0.954. The number of aliphatic hydroxyl groups is 1. The van der Waals surface area contributed by atoms with Crippen molar-refractivity contribution in [3.8, 4) is 0 Å². The lowest BCUT2D eigenvalue weighted by Gasteiger charge is -2.39. The van der Waals surface area contributed by atoms with Crippen LogP contribution in [0.25, 0.3) is 0 Å². The van der Waals surface area contributed by atoms with Gasteiger partial charge in [-0.3, -0.25) is 28.8 Å². The molecule has 0 unspecified atom stereocenters. The van der Waals surface area contributed by atoms with E-state index in [9.17, 15) is 38.7 Å². The Kier molecular flexibility index (Phi) is 13.5. The minimum absolute atomic E-state index is 0.000185. The van der Waals surface area contributed by atoms with Gasteiger partial charge in [-0.05, 0) is 68.6 Å². The van der Waals surface area contributed by atoms with Crippen molar-refractivity contribution in [2.24, 2.45) is 5.92 Å². The Balaban J connectivity index is 1.31. The molecular weight excluding hydrogens is 745 g/mol. The lowest BCUT2D eigenvalue weighted by atomic mass is 9.99. The number of esters is 1. The molecule has 0 aromatic heterocycles. The average molecular weight is 801 g/mol. The summed E-state index contributed by atoms with van der Waals surface area (Å²) in [4.78, 5) is 102. The molecule has 58 heavy (non-hydrogen) atoms. The van der Waals surface area contributed by atoms with Crippen LogP contribution in [0, 0.1) is 12.8 Å². The van der Waals surface area contributed by atoms with E-state index in [1.54, 1.807) is 0 Å². The molecule has 4 N–H and O–H groups in total. The van der Waals surface area contributed by atoms with Crippen LogP contribution in [0.5, 0.6) is 0 Å². The van der Waals surface area contributed by atoms with Crippen LogP contribution in [0.15, 0.2) is 48.5 Å². The number of cyclic esters (lactones) is 1. The molecule has 0 spiro atoms. The molecule has 0 aliphatic carbocycles. The number of ether oxygens (including phenoxy) is 1. The molecule has 6 rings (SSSR count). The minimum Gasteiger partial charge on any atom is -0.461 e. The zero-order valence-electron chi connectivity index (χ0n) is 33.8. The van der Waals surface area contributed by atoms with E-state index in [-0.39, 0.29) is 51.2 Å². The Morgan fingerprint density at radius 2 is 1.59 bits per heavy atom. The van der Waals surface area contributed by atoms with E-state index in [2.05, 4.69) is 16.0 Å². The van der Waals surface area contributed by atoms with Crippen molar-refractivity contribution in [3.63, 3.8) is 0 Å². The van der Waals surface area contributed by atoms with Crippen molar-refractivity contribution in [2.75, 3.05) is 26.2 Å². The first-order valence-electron chi connectivity index (χ1n) is 20.5. The van der Waals surface area contributed by atoms with E-state index in [4.69, 9.17) is 4.74 Å². The Morgan fingerprint density at radius 3 is 2.31 bits per heavy atom. The predicted molar refractivity (Wildman–Crippen MR) is 212 cm³/mol. The van der Waals surface area contributed by atoms with Crippen LogP contribution in [0.2, 0.25) is 0 Å². The molecule has 2 aromatic carbocycles. The van der Waals surface area contributed by atoms with Crippen LogP contribution in [0.3, 0.4) is 0 Å². The number of rotatable bonds is 8. The van der Waals surface area contributed by atoms with Gasteiger partial charge >= 0.3 is 5.97 Å². The number of carbonyl (C=O) groups excluding carboxylic acids is 7. The van der Waals surface area contributed by atoms with Gasteiger partial charge in [-0.25, -0.2) is 4.79 Å². The summed E-state index contributed by atoms with van der Waals surface area (Å²) in [6.45, 7) is 6.97. The molecule has 4 aliphatic rings. The number of benzene rings is 2.